The van der Waals surface area contributed by atoms with E-state index in [4.69, 9.17) is 9.47 Å². The van der Waals surface area contributed by atoms with Crippen LogP contribution in [-0.2, 0) is 16.0 Å². The molecule has 2 atom stereocenters. The van der Waals surface area contributed by atoms with Crippen LogP contribution in [0.4, 0.5) is 5.82 Å². The van der Waals surface area contributed by atoms with Gasteiger partial charge in [-0.15, -0.1) is 0 Å². The summed E-state index contributed by atoms with van der Waals surface area (Å²) in [5.74, 6) is 1.36. The molecule has 2 aromatic rings. The van der Waals surface area contributed by atoms with Gasteiger partial charge in [0.1, 0.15) is 17.7 Å². The number of aromatic nitrogens is 2. The number of carbonyl (C=O) groups is 1. The van der Waals surface area contributed by atoms with E-state index >= 15 is 0 Å². The number of ether oxygens (including phenoxy) is 2. The number of methoxy groups -OCH3 is 1. The molecule has 1 aliphatic heterocycles. The minimum Gasteiger partial charge on any atom is -0.377 e. The summed E-state index contributed by atoms with van der Waals surface area (Å²) in [4.78, 5) is 20.9. The molecule has 2 heterocycles. The molecule has 7 heteroatoms. The Hall–Kier alpha value is -2.51. The Morgan fingerprint density at radius 3 is 3.04 bits per heavy atom. The predicted molar refractivity (Wildman–Crippen MR) is 103 cm³/mol. The lowest BCUT2D eigenvalue weighted by Gasteiger charge is -2.21. The van der Waals surface area contributed by atoms with Crippen molar-refractivity contribution in [2.75, 3.05) is 25.6 Å². The molecule has 1 aromatic heterocycles. The highest BCUT2D eigenvalue weighted by molar-refractivity contribution is 5.94. The van der Waals surface area contributed by atoms with Gasteiger partial charge in [0.2, 0.25) is 0 Å². The molecule has 1 aliphatic rings. The molecule has 3 rings (SSSR count). The van der Waals surface area contributed by atoms with Gasteiger partial charge in [-0.2, -0.15) is 0 Å². The van der Waals surface area contributed by atoms with Crippen molar-refractivity contribution in [2.24, 2.45) is 0 Å². The molecule has 1 saturated heterocycles. The third-order valence-corrected chi connectivity index (χ3v) is 4.58. The van der Waals surface area contributed by atoms with Gasteiger partial charge in [-0.25, -0.2) is 9.97 Å². The van der Waals surface area contributed by atoms with Gasteiger partial charge in [-0.1, -0.05) is 12.1 Å². The highest BCUT2D eigenvalue weighted by atomic mass is 16.5. The first-order valence-electron chi connectivity index (χ1n) is 9.21. The van der Waals surface area contributed by atoms with Gasteiger partial charge in [0.15, 0.2) is 0 Å². The number of nitrogens with zero attached hydrogens (tertiary/aromatic N) is 2. The van der Waals surface area contributed by atoms with Crippen LogP contribution in [0, 0.1) is 6.92 Å². The van der Waals surface area contributed by atoms with Crippen molar-refractivity contribution in [3.05, 3.63) is 53.5 Å². The average molecular weight is 370 g/mol. The summed E-state index contributed by atoms with van der Waals surface area (Å²) < 4.78 is 11.1. The molecule has 27 heavy (non-hydrogen) atoms. The fourth-order valence-corrected chi connectivity index (χ4v) is 3.13. The summed E-state index contributed by atoms with van der Waals surface area (Å²) in [5, 5.41) is 6.20. The number of hydrogen-bond acceptors (Lipinski definition) is 6. The smallest absolute Gasteiger partial charge is 0.251 e. The summed E-state index contributed by atoms with van der Waals surface area (Å²) in [6.45, 7) is 3.62. The first-order valence-corrected chi connectivity index (χ1v) is 9.21. The highest BCUT2D eigenvalue weighted by Gasteiger charge is 2.26. The SMILES string of the molecule is COC(CNC(=O)c1cccc(CNc2ccnc(C)n2)c1)C1CCCO1. The summed E-state index contributed by atoms with van der Waals surface area (Å²) in [5.41, 5.74) is 1.62. The van der Waals surface area contributed by atoms with Gasteiger partial charge in [0, 0.05) is 38.6 Å². The predicted octanol–water partition coefficient (Wildman–Crippen LogP) is 2.32. The Bertz CT molecular complexity index is 762. The topological polar surface area (TPSA) is 85.4 Å². The standard InChI is InChI=1S/C20H26N4O3/c1-14-21-9-8-19(24-14)22-12-15-5-3-6-16(11-15)20(25)23-13-18(26-2)17-7-4-10-27-17/h3,5-6,8-9,11,17-18H,4,7,10,12-13H2,1-2H3,(H,23,25)(H,21,22,24). The zero-order valence-electron chi connectivity index (χ0n) is 15.8. The van der Waals surface area contributed by atoms with Crippen LogP contribution in [0.2, 0.25) is 0 Å². The van der Waals surface area contributed by atoms with Crippen molar-refractivity contribution < 1.29 is 14.3 Å². The molecule has 2 N–H and O–H groups in total. The number of aryl methyl sites for hydroxylation is 1. The largest absolute Gasteiger partial charge is 0.377 e. The van der Waals surface area contributed by atoms with Crippen LogP contribution in [0.3, 0.4) is 0 Å². The van der Waals surface area contributed by atoms with E-state index in [1.807, 2.05) is 37.3 Å². The van der Waals surface area contributed by atoms with E-state index in [-0.39, 0.29) is 18.1 Å². The summed E-state index contributed by atoms with van der Waals surface area (Å²) in [6, 6.07) is 9.36. The summed E-state index contributed by atoms with van der Waals surface area (Å²) in [7, 11) is 1.65. The number of nitrogens with one attached hydrogen (secondary N) is 2. The van der Waals surface area contributed by atoms with Crippen molar-refractivity contribution in [1.82, 2.24) is 15.3 Å². The Kier molecular flexibility index (Phi) is 6.73. The molecule has 0 saturated carbocycles. The lowest BCUT2D eigenvalue weighted by Crippen LogP contribution is -2.40. The average Bonchev–Trinajstić information content (AvgIpc) is 3.22. The van der Waals surface area contributed by atoms with Crippen LogP contribution >= 0.6 is 0 Å². The molecule has 1 aromatic carbocycles. The van der Waals surface area contributed by atoms with Crippen LogP contribution in [0.15, 0.2) is 36.5 Å². The van der Waals surface area contributed by atoms with Crippen LogP contribution in [0.25, 0.3) is 0 Å². The van der Waals surface area contributed by atoms with Crippen molar-refractivity contribution in [2.45, 2.75) is 38.5 Å². The van der Waals surface area contributed by atoms with Gasteiger partial charge >= 0.3 is 0 Å². The summed E-state index contributed by atoms with van der Waals surface area (Å²) in [6.07, 6.45) is 3.66. The highest BCUT2D eigenvalue weighted by Crippen LogP contribution is 2.17. The maximum atomic E-state index is 12.5. The number of carbonyl (C=O) groups excluding carboxylic acids is 1. The van der Waals surface area contributed by atoms with Gasteiger partial charge in [0.25, 0.3) is 5.91 Å². The Balaban J connectivity index is 1.54. The Labute approximate surface area is 159 Å². The van der Waals surface area contributed by atoms with Gasteiger partial charge < -0.3 is 20.1 Å². The van der Waals surface area contributed by atoms with E-state index < -0.39 is 0 Å². The van der Waals surface area contributed by atoms with Gasteiger partial charge in [0.05, 0.1) is 6.10 Å². The Morgan fingerprint density at radius 2 is 2.30 bits per heavy atom. The van der Waals surface area contributed by atoms with Crippen molar-refractivity contribution in [1.29, 1.82) is 0 Å². The fraction of sp³-hybridized carbons (Fsp3) is 0.450. The lowest BCUT2D eigenvalue weighted by molar-refractivity contribution is -0.0247. The fourth-order valence-electron chi connectivity index (χ4n) is 3.13. The second-order valence-electron chi connectivity index (χ2n) is 6.58. The van der Waals surface area contributed by atoms with E-state index in [2.05, 4.69) is 20.6 Å². The summed E-state index contributed by atoms with van der Waals surface area (Å²) >= 11 is 0. The number of hydrogen-bond donors (Lipinski definition) is 2. The molecule has 7 nitrogen and oxygen atoms in total. The normalized spacial score (nSPS) is 17.5. The van der Waals surface area contributed by atoms with Crippen molar-refractivity contribution in [3.8, 4) is 0 Å². The number of anilines is 1. The zero-order chi connectivity index (χ0) is 19.1. The van der Waals surface area contributed by atoms with Crippen molar-refractivity contribution >= 4 is 11.7 Å². The van der Waals surface area contributed by atoms with E-state index in [1.54, 1.807) is 13.3 Å². The second-order valence-corrected chi connectivity index (χ2v) is 6.58. The molecule has 1 amide bonds. The number of amides is 1. The second kappa shape index (κ2) is 9.43. The van der Waals surface area contributed by atoms with Crippen molar-refractivity contribution in [3.63, 3.8) is 0 Å². The lowest BCUT2D eigenvalue weighted by atomic mass is 10.1. The van der Waals surface area contributed by atoms with E-state index in [0.717, 1.165) is 30.8 Å². The zero-order valence-corrected chi connectivity index (χ0v) is 15.8. The van der Waals surface area contributed by atoms with Crippen LogP contribution in [0.1, 0.15) is 34.6 Å². The van der Waals surface area contributed by atoms with Crippen LogP contribution < -0.4 is 10.6 Å². The molecule has 144 valence electrons. The van der Waals surface area contributed by atoms with E-state index in [0.29, 0.717) is 24.5 Å². The molecule has 0 spiro atoms. The quantitative estimate of drug-likeness (QED) is 0.742. The molecule has 0 aliphatic carbocycles. The first kappa shape index (κ1) is 19.3. The molecule has 2 unspecified atom stereocenters. The van der Waals surface area contributed by atoms with E-state index in [9.17, 15) is 4.79 Å². The molecular weight excluding hydrogens is 344 g/mol. The third-order valence-electron chi connectivity index (χ3n) is 4.58. The molecular formula is C20H26N4O3. The molecule has 0 bridgehead atoms. The number of rotatable bonds is 8. The van der Waals surface area contributed by atoms with E-state index in [1.165, 1.54) is 0 Å². The first-order chi connectivity index (χ1) is 13.2. The maximum Gasteiger partial charge on any atom is 0.251 e. The van der Waals surface area contributed by atoms with Crippen LogP contribution in [0.5, 0.6) is 0 Å². The monoisotopic (exact) mass is 370 g/mol. The Morgan fingerprint density at radius 1 is 1.41 bits per heavy atom. The minimum atomic E-state index is -0.123. The molecule has 0 radical (unpaired) electrons. The third kappa shape index (κ3) is 5.48. The number of benzene rings is 1. The van der Waals surface area contributed by atoms with Gasteiger partial charge in [-0.3, -0.25) is 4.79 Å². The minimum absolute atomic E-state index is 0.0575. The van der Waals surface area contributed by atoms with Crippen LogP contribution in [-0.4, -0.2) is 48.3 Å². The van der Waals surface area contributed by atoms with Gasteiger partial charge in [-0.05, 0) is 43.5 Å². The maximum absolute atomic E-state index is 12.5. The molecule has 1 fully saturated rings.